The Labute approximate surface area is 235 Å². The molecular weight excluding hydrogens is 472 g/mol. The molecule has 0 saturated carbocycles. The Balaban J connectivity index is 0.000000133. The van der Waals surface area contributed by atoms with Gasteiger partial charge in [0.25, 0.3) is 0 Å². The van der Waals surface area contributed by atoms with E-state index in [4.69, 9.17) is 4.74 Å². The molecule has 8 heterocycles. The zero-order valence-electron chi connectivity index (χ0n) is 27.1. The van der Waals surface area contributed by atoms with Gasteiger partial charge in [-0.15, -0.1) is 0 Å². The van der Waals surface area contributed by atoms with Crippen molar-refractivity contribution >= 4 is 0 Å². The SMILES string of the molecule is CN1C2CC1CN(C(C)(C)C)C2.CN1C2COCC1CN(C(C)(C)C)C2.CN1CC2CC(C1)N2C(C)(C)C. The summed E-state index contributed by atoms with van der Waals surface area (Å²) in [6, 6.07) is 4.58. The number of piperidine rings is 2. The number of hydrogen-bond acceptors (Lipinski definition) is 7. The van der Waals surface area contributed by atoms with Crippen LogP contribution in [0.5, 0.6) is 0 Å². The summed E-state index contributed by atoms with van der Waals surface area (Å²) in [6.45, 7) is 30.0. The lowest BCUT2D eigenvalue weighted by molar-refractivity contribution is -0.113. The first-order valence-electron chi connectivity index (χ1n) is 15.4. The second-order valence-corrected chi connectivity index (χ2v) is 16.2. The van der Waals surface area contributed by atoms with Crippen LogP contribution in [0.1, 0.15) is 75.2 Å². The van der Waals surface area contributed by atoms with Gasteiger partial charge in [0, 0.05) is 92.1 Å². The van der Waals surface area contributed by atoms with E-state index in [0.717, 1.165) is 50.5 Å². The van der Waals surface area contributed by atoms with Crippen molar-refractivity contribution in [2.75, 3.05) is 73.6 Å². The Kier molecular flexibility index (Phi) is 9.03. The third kappa shape index (κ3) is 6.78. The molecule has 0 N–H and O–H groups in total. The number of nitrogens with zero attached hydrogens (tertiary/aromatic N) is 6. The van der Waals surface area contributed by atoms with Gasteiger partial charge < -0.3 is 9.64 Å². The minimum atomic E-state index is 0.301. The maximum absolute atomic E-state index is 5.60. The fourth-order valence-corrected chi connectivity index (χ4v) is 7.63. The van der Waals surface area contributed by atoms with Crippen molar-refractivity contribution in [1.29, 1.82) is 0 Å². The lowest BCUT2D eigenvalue weighted by Gasteiger charge is -2.61. The Bertz CT molecular complexity index is 747. The lowest BCUT2D eigenvalue weighted by Crippen LogP contribution is -2.72. The molecule has 6 bridgehead atoms. The minimum Gasteiger partial charge on any atom is -0.378 e. The molecule has 6 unspecified atom stereocenters. The maximum Gasteiger partial charge on any atom is 0.0635 e. The smallest absolute Gasteiger partial charge is 0.0635 e. The highest BCUT2D eigenvalue weighted by atomic mass is 16.5. The molecule has 0 spiro atoms. The van der Waals surface area contributed by atoms with E-state index in [1.807, 2.05) is 0 Å². The van der Waals surface area contributed by atoms with E-state index in [0.29, 0.717) is 28.7 Å². The van der Waals surface area contributed by atoms with Crippen LogP contribution in [0.25, 0.3) is 0 Å². The predicted molar refractivity (Wildman–Crippen MR) is 160 cm³/mol. The summed E-state index contributed by atoms with van der Waals surface area (Å²) in [5, 5.41) is 0. The molecule has 6 atom stereocenters. The van der Waals surface area contributed by atoms with Crippen molar-refractivity contribution < 1.29 is 4.74 Å². The molecule has 0 radical (unpaired) electrons. The average molecular weight is 535 g/mol. The Hall–Kier alpha value is -0.280. The van der Waals surface area contributed by atoms with Crippen molar-refractivity contribution in [3.05, 3.63) is 0 Å². The monoisotopic (exact) mass is 534 g/mol. The fraction of sp³-hybridized carbons (Fsp3) is 1.00. The summed E-state index contributed by atoms with van der Waals surface area (Å²) in [4.78, 5) is 15.4. The zero-order chi connectivity index (χ0) is 28.2. The van der Waals surface area contributed by atoms with Gasteiger partial charge in [-0.05, 0) is 96.3 Å². The Morgan fingerprint density at radius 1 is 0.474 bits per heavy atom. The van der Waals surface area contributed by atoms with Gasteiger partial charge in [-0.2, -0.15) is 0 Å². The van der Waals surface area contributed by atoms with E-state index in [2.05, 4.69) is 113 Å². The second-order valence-electron chi connectivity index (χ2n) is 16.2. The molecule has 222 valence electrons. The van der Waals surface area contributed by atoms with Crippen LogP contribution in [0.15, 0.2) is 0 Å². The van der Waals surface area contributed by atoms with Gasteiger partial charge in [-0.25, -0.2) is 0 Å². The molecule has 8 saturated heterocycles. The summed E-state index contributed by atoms with van der Waals surface area (Å²) in [5.74, 6) is 0. The molecule has 38 heavy (non-hydrogen) atoms. The molecule has 8 rings (SSSR count). The van der Waals surface area contributed by atoms with Crippen LogP contribution in [0.4, 0.5) is 0 Å². The van der Waals surface area contributed by atoms with Gasteiger partial charge in [0.05, 0.1) is 13.2 Å². The number of rotatable bonds is 0. The van der Waals surface area contributed by atoms with Crippen LogP contribution in [0.3, 0.4) is 0 Å². The second kappa shape index (κ2) is 11.2. The molecular formula is C31H62N6O. The molecule has 8 aliphatic heterocycles. The Morgan fingerprint density at radius 2 is 0.842 bits per heavy atom. The number of fused-ring (bicyclic) bond motifs is 6. The summed E-state index contributed by atoms with van der Waals surface area (Å²) in [7, 11) is 6.73. The van der Waals surface area contributed by atoms with Gasteiger partial charge in [-0.1, -0.05) is 0 Å². The van der Waals surface area contributed by atoms with Gasteiger partial charge in [0.15, 0.2) is 0 Å². The normalized spacial score (nSPS) is 37.3. The quantitative estimate of drug-likeness (QED) is 0.472. The van der Waals surface area contributed by atoms with E-state index in [9.17, 15) is 0 Å². The average Bonchev–Trinajstić information content (AvgIpc) is 2.76. The Morgan fingerprint density at radius 3 is 1.21 bits per heavy atom. The van der Waals surface area contributed by atoms with Crippen LogP contribution in [-0.4, -0.2) is 156 Å². The molecule has 0 aromatic heterocycles. The molecule has 7 heteroatoms. The highest BCUT2D eigenvalue weighted by molar-refractivity contribution is 5.05. The van der Waals surface area contributed by atoms with Crippen LogP contribution in [-0.2, 0) is 4.74 Å². The minimum absolute atomic E-state index is 0.301. The van der Waals surface area contributed by atoms with Crippen LogP contribution in [0.2, 0.25) is 0 Å². The molecule has 0 aromatic rings. The van der Waals surface area contributed by atoms with Crippen molar-refractivity contribution in [3.8, 4) is 0 Å². The van der Waals surface area contributed by atoms with Gasteiger partial charge in [0.1, 0.15) is 0 Å². The van der Waals surface area contributed by atoms with E-state index < -0.39 is 0 Å². The van der Waals surface area contributed by atoms with Gasteiger partial charge in [0.2, 0.25) is 0 Å². The van der Waals surface area contributed by atoms with E-state index in [1.165, 1.54) is 39.0 Å². The first-order chi connectivity index (χ1) is 17.4. The third-order valence-electron chi connectivity index (χ3n) is 10.2. The van der Waals surface area contributed by atoms with Crippen LogP contribution in [0, 0.1) is 0 Å². The third-order valence-corrected chi connectivity index (χ3v) is 10.2. The van der Waals surface area contributed by atoms with Crippen molar-refractivity contribution in [1.82, 2.24) is 29.4 Å². The van der Waals surface area contributed by atoms with E-state index >= 15 is 0 Å². The van der Waals surface area contributed by atoms with Crippen molar-refractivity contribution in [2.24, 2.45) is 0 Å². The van der Waals surface area contributed by atoms with E-state index in [1.54, 1.807) is 0 Å². The predicted octanol–water partition coefficient (Wildman–Crippen LogP) is 3.15. The molecule has 8 aliphatic rings. The van der Waals surface area contributed by atoms with E-state index in [-0.39, 0.29) is 0 Å². The first-order valence-corrected chi connectivity index (χ1v) is 15.4. The molecule has 7 nitrogen and oxygen atoms in total. The van der Waals surface area contributed by atoms with Crippen molar-refractivity contribution in [3.63, 3.8) is 0 Å². The topological polar surface area (TPSA) is 28.7 Å². The van der Waals surface area contributed by atoms with Gasteiger partial charge in [-0.3, -0.25) is 24.5 Å². The molecule has 0 aromatic carbocycles. The van der Waals surface area contributed by atoms with Crippen molar-refractivity contribution in [2.45, 2.75) is 128 Å². The number of likely N-dealkylation sites (N-methyl/N-ethyl adjacent to an activating group) is 3. The van der Waals surface area contributed by atoms with Crippen LogP contribution < -0.4 is 0 Å². The first kappa shape index (κ1) is 30.7. The highest BCUT2D eigenvalue weighted by Gasteiger charge is 2.48. The largest absolute Gasteiger partial charge is 0.378 e. The summed E-state index contributed by atoms with van der Waals surface area (Å²) in [5.41, 5.74) is 1.06. The molecule has 0 amide bonds. The van der Waals surface area contributed by atoms with Crippen LogP contribution >= 0.6 is 0 Å². The number of morpholine rings is 1. The zero-order valence-corrected chi connectivity index (χ0v) is 27.1. The molecule has 0 aliphatic carbocycles. The number of ether oxygens (including phenoxy) is 1. The summed E-state index contributed by atoms with van der Waals surface area (Å²) in [6.07, 6.45) is 2.87. The summed E-state index contributed by atoms with van der Waals surface area (Å²) < 4.78 is 5.60. The number of hydrogen-bond donors (Lipinski definition) is 0. The lowest BCUT2D eigenvalue weighted by atomic mass is 9.82. The molecule has 8 fully saturated rings. The standard InChI is InChI=1S/C11H22N2O.2C10H20N2/c1-11(2,3)13-5-9-7-14-8-10(6-13)12(9)4;1-10(2,3)12-6-8-5-9(7-12)11(8)4;1-10(2,3)12-8-5-9(12)7-11(4)6-8/h9-10H,5-8H2,1-4H3;2*8-9H,5-7H2,1-4H3. The fourth-order valence-electron chi connectivity index (χ4n) is 7.63. The highest BCUT2D eigenvalue weighted by Crippen LogP contribution is 2.37. The van der Waals surface area contributed by atoms with Gasteiger partial charge >= 0.3 is 0 Å². The maximum atomic E-state index is 5.60. The summed E-state index contributed by atoms with van der Waals surface area (Å²) >= 11 is 0. The number of piperazine rings is 3.